The molecule has 0 aromatic heterocycles. The molecule has 2 aromatic carbocycles. The third kappa shape index (κ3) is 5.46. The number of rotatable bonds is 7. The summed E-state index contributed by atoms with van der Waals surface area (Å²) in [5.74, 6) is 1.58. The molecule has 0 saturated carbocycles. The van der Waals surface area contributed by atoms with Gasteiger partial charge in [0.25, 0.3) is 0 Å². The lowest BCUT2D eigenvalue weighted by atomic mass is 9.97. The Morgan fingerprint density at radius 2 is 1.93 bits per heavy atom. The first-order valence-corrected chi connectivity index (χ1v) is 10.4. The molecule has 152 valence electrons. The monoisotopic (exact) mass is 382 g/mol. The van der Waals surface area contributed by atoms with Gasteiger partial charge >= 0.3 is 0 Å². The molecule has 28 heavy (non-hydrogen) atoms. The third-order valence-corrected chi connectivity index (χ3v) is 5.74. The minimum atomic E-state index is 0.188. The van der Waals surface area contributed by atoms with Crippen molar-refractivity contribution in [1.29, 1.82) is 0 Å². The topological polar surface area (TPSA) is 48.9 Å². The zero-order valence-electron chi connectivity index (χ0n) is 17.4. The highest BCUT2D eigenvalue weighted by molar-refractivity contribution is 5.87. The fraction of sp³-hybridized carbons (Fsp3) is 0.522. The van der Waals surface area contributed by atoms with E-state index in [9.17, 15) is 0 Å². The highest BCUT2D eigenvalue weighted by Crippen LogP contribution is 2.24. The van der Waals surface area contributed by atoms with Crippen LogP contribution in [0, 0.1) is 5.92 Å². The van der Waals surface area contributed by atoms with Crippen molar-refractivity contribution < 1.29 is 4.74 Å². The second kappa shape index (κ2) is 10.4. The fourth-order valence-electron chi connectivity index (χ4n) is 3.98. The van der Waals surface area contributed by atoms with Crippen LogP contribution in [0.25, 0.3) is 10.8 Å². The molecule has 1 atom stereocenters. The zero-order valence-corrected chi connectivity index (χ0v) is 17.4. The van der Waals surface area contributed by atoms with Crippen LogP contribution in [0.2, 0.25) is 0 Å². The highest BCUT2D eigenvalue weighted by atomic mass is 16.5. The van der Waals surface area contributed by atoms with Crippen molar-refractivity contribution in [3.05, 3.63) is 48.0 Å². The summed E-state index contributed by atoms with van der Waals surface area (Å²) in [6.07, 6.45) is 2.46. The Balaban J connectivity index is 1.51. The van der Waals surface area contributed by atoms with E-state index in [1.807, 2.05) is 7.05 Å². The van der Waals surface area contributed by atoms with Gasteiger partial charge < -0.3 is 20.3 Å². The first-order chi connectivity index (χ1) is 13.7. The summed E-state index contributed by atoms with van der Waals surface area (Å²) in [7, 11) is 3.62. The van der Waals surface area contributed by atoms with Gasteiger partial charge in [0.2, 0.25) is 0 Å². The number of aliphatic imine (C=N–C) groups is 1. The number of benzene rings is 2. The average Bonchev–Trinajstić information content (AvgIpc) is 2.75. The molecule has 5 nitrogen and oxygen atoms in total. The van der Waals surface area contributed by atoms with Crippen molar-refractivity contribution >= 4 is 16.7 Å². The van der Waals surface area contributed by atoms with Crippen molar-refractivity contribution in [1.82, 2.24) is 15.5 Å². The minimum Gasteiger partial charge on any atom is -0.383 e. The van der Waals surface area contributed by atoms with Gasteiger partial charge in [-0.25, -0.2) is 0 Å². The number of likely N-dealkylation sites (tertiary alicyclic amines) is 1. The Kier molecular flexibility index (Phi) is 7.69. The van der Waals surface area contributed by atoms with Crippen molar-refractivity contribution in [3.63, 3.8) is 0 Å². The van der Waals surface area contributed by atoms with E-state index in [2.05, 4.69) is 69.9 Å². The molecule has 5 heteroatoms. The first kappa shape index (κ1) is 20.6. The van der Waals surface area contributed by atoms with Crippen LogP contribution in [0.4, 0.5) is 0 Å². The zero-order chi connectivity index (χ0) is 19.8. The molecule has 0 aliphatic carbocycles. The fourth-order valence-corrected chi connectivity index (χ4v) is 3.98. The average molecular weight is 383 g/mol. The van der Waals surface area contributed by atoms with Gasteiger partial charge in [-0.15, -0.1) is 0 Å². The third-order valence-electron chi connectivity index (χ3n) is 5.74. The van der Waals surface area contributed by atoms with Crippen LogP contribution < -0.4 is 10.6 Å². The normalized spacial score (nSPS) is 17.6. The lowest BCUT2D eigenvalue weighted by Crippen LogP contribution is -2.43. The molecular formula is C23H34N4O. The van der Waals surface area contributed by atoms with Crippen LogP contribution in [0.5, 0.6) is 0 Å². The lowest BCUT2D eigenvalue weighted by Gasteiger charge is -2.32. The molecule has 0 radical (unpaired) electrons. The van der Waals surface area contributed by atoms with Crippen molar-refractivity contribution in [3.8, 4) is 0 Å². The van der Waals surface area contributed by atoms with E-state index in [-0.39, 0.29) is 6.04 Å². The number of methoxy groups -OCH3 is 1. The number of hydrogen-bond donors (Lipinski definition) is 2. The van der Waals surface area contributed by atoms with Gasteiger partial charge in [-0.1, -0.05) is 42.5 Å². The molecule has 1 saturated heterocycles. The number of fused-ring (bicyclic) bond motifs is 1. The van der Waals surface area contributed by atoms with E-state index in [0.29, 0.717) is 5.92 Å². The van der Waals surface area contributed by atoms with Gasteiger partial charge in [-0.2, -0.15) is 0 Å². The molecule has 2 aromatic rings. The maximum absolute atomic E-state index is 5.19. The summed E-state index contributed by atoms with van der Waals surface area (Å²) in [5, 5.41) is 9.67. The number of ether oxygens (including phenoxy) is 1. The number of hydrogen-bond acceptors (Lipinski definition) is 3. The molecule has 1 unspecified atom stereocenters. The Morgan fingerprint density at radius 3 is 2.68 bits per heavy atom. The quantitative estimate of drug-likeness (QED) is 0.569. The van der Waals surface area contributed by atoms with Crippen LogP contribution in [-0.2, 0) is 4.74 Å². The van der Waals surface area contributed by atoms with Crippen LogP contribution >= 0.6 is 0 Å². The van der Waals surface area contributed by atoms with Gasteiger partial charge in [0.15, 0.2) is 5.96 Å². The summed E-state index contributed by atoms with van der Waals surface area (Å²) < 4.78 is 5.19. The molecule has 1 heterocycles. The van der Waals surface area contributed by atoms with E-state index in [4.69, 9.17) is 4.74 Å². The largest absolute Gasteiger partial charge is 0.383 e. The van der Waals surface area contributed by atoms with E-state index in [1.165, 1.54) is 29.2 Å². The van der Waals surface area contributed by atoms with Gasteiger partial charge in [0.05, 0.1) is 12.6 Å². The van der Waals surface area contributed by atoms with Crippen LogP contribution in [0.15, 0.2) is 47.5 Å². The van der Waals surface area contributed by atoms with Crippen molar-refractivity contribution in [2.24, 2.45) is 10.9 Å². The Morgan fingerprint density at radius 1 is 1.18 bits per heavy atom. The van der Waals surface area contributed by atoms with Crippen molar-refractivity contribution in [2.75, 3.05) is 46.9 Å². The SMILES string of the molecule is CN=C(NCC1CCN(CCOC)CC1)NC(C)c1cccc2ccccc12. The molecular weight excluding hydrogens is 348 g/mol. The minimum absolute atomic E-state index is 0.188. The van der Waals surface area contributed by atoms with Gasteiger partial charge in [-0.3, -0.25) is 4.99 Å². The highest BCUT2D eigenvalue weighted by Gasteiger charge is 2.19. The molecule has 2 N–H and O–H groups in total. The number of nitrogens with one attached hydrogen (secondary N) is 2. The summed E-state index contributed by atoms with van der Waals surface area (Å²) in [6, 6.07) is 15.2. The second-order valence-electron chi connectivity index (χ2n) is 7.67. The Hall–Kier alpha value is -2.11. The standard InChI is InChI=1S/C23H34N4O/c1-18(21-10-6-8-20-7-4-5-9-22(20)21)26-23(24-2)25-17-19-11-13-27(14-12-19)15-16-28-3/h4-10,18-19H,11-17H2,1-3H3,(H2,24,25,26). The molecule has 1 aliphatic rings. The predicted octanol–water partition coefficient (Wildman–Crippen LogP) is 3.42. The van der Waals surface area contributed by atoms with Crippen LogP contribution in [0.3, 0.4) is 0 Å². The van der Waals surface area contributed by atoms with Crippen molar-refractivity contribution in [2.45, 2.75) is 25.8 Å². The van der Waals surface area contributed by atoms with Crippen LogP contribution in [0.1, 0.15) is 31.4 Å². The number of piperidine rings is 1. The summed E-state index contributed by atoms with van der Waals surface area (Å²) in [5.41, 5.74) is 1.30. The maximum Gasteiger partial charge on any atom is 0.191 e. The summed E-state index contributed by atoms with van der Waals surface area (Å²) >= 11 is 0. The molecule has 1 fully saturated rings. The number of guanidine groups is 1. The van der Waals surface area contributed by atoms with Crippen LogP contribution in [-0.4, -0.2) is 57.8 Å². The molecule has 0 bridgehead atoms. The molecule has 3 rings (SSSR count). The van der Waals surface area contributed by atoms with E-state index >= 15 is 0 Å². The number of nitrogens with zero attached hydrogens (tertiary/aromatic N) is 2. The van der Waals surface area contributed by atoms with Gasteiger partial charge in [-0.05, 0) is 55.1 Å². The maximum atomic E-state index is 5.19. The molecule has 0 amide bonds. The second-order valence-corrected chi connectivity index (χ2v) is 7.67. The molecule has 1 aliphatic heterocycles. The summed E-state index contributed by atoms with van der Waals surface area (Å²) in [6.45, 7) is 7.36. The first-order valence-electron chi connectivity index (χ1n) is 10.4. The molecule has 0 spiro atoms. The van der Waals surface area contributed by atoms with E-state index in [1.54, 1.807) is 7.11 Å². The van der Waals surface area contributed by atoms with Gasteiger partial charge in [0, 0.05) is 27.2 Å². The Labute approximate surface area is 169 Å². The van der Waals surface area contributed by atoms with E-state index < -0.39 is 0 Å². The summed E-state index contributed by atoms with van der Waals surface area (Å²) in [4.78, 5) is 6.94. The van der Waals surface area contributed by atoms with Gasteiger partial charge in [0.1, 0.15) is 0 Å². The Bertz CT molecular complexity index is 763. The van der Waals surface area contributed by atoms with E-state index in [0.717, 1.165) is 38.7 Å². The predicted molar refractivity (Wildman–Crippen MR) is 118 cm³/mol. The smallest absolute Gasteiger partial charge is 0.191 e. The lowest BCUT2D eigenvalue weighted by molar-refractivity contribution is 0.121.